The first kappa shape index (κ1) is 13.5. The molecule has 2 rings (SSSR count). The third-order valence-electron chi connectivity index (χ3n) is 3.12. The van der Waals surface area contributed by atoms with Gasteiger partial charge in [0.05, 0.1) is 17.7 Å². The molecule has 6 nitrogen and oxygen atoms in total. The lowest BCUT2D eigenvalue weighted by Crippen LogP contribution is -2.35. The first-order valence-electron chi connectivity index (χ1n) is 6.00. The third kappa shape index (κ3) is 3.30. The van der Waals surface area contributed by atoms with Gasteiger partial charge in [0.15, 0.2) is 0 Å². The van der Waals surface area contributed by atoms with Crippen LogP contribution in [-0.4, -0.2) is 42.8 Å². The number of anilines is 1. The Hall–Kier alpha value is -1.92. The zero-order valence-electron chi connectivity index (χ0n) is 10.6. The second kappa shape index (κ2) is 5.81. The van der Waals surface area contributed by atoms with Crippen molar-refractivity contribution in [3.8, 4) is 0 Å². The van der Waals surface area contributed by atoms with Gasteiger partial charge in [0.2, 0.25) is 5.91 Å². The van der Waals surface area contributed by atoms with Crippen molar-refractivity contribution >= 4 is 17.6 Å². The summed E-state index contributed by atoms with van der Waals surface area (Å²) in [6, 6.07) is 5.86. The maximum atomic E-state index is 12.0. The number of aromatic carboxylic acids is 1. The van der Waals surface area contributed by atoms with Crippen molar-refractivity contribution in [3.63, 3.8) is 0 Å². The molecule has 0 saturated carbocycles. The largest absolute Gasteiger partial charge is 0.478 e. The zero-order valence-corrected chi connectivity index (χ0v) is 10.6. The molecular weight excluding hydrogens is 248 g/mol. The first-order chi connectivity index (χ1) is 9.10. The molecule has 19 heavy (non-hydrogen) atoms. The summed E-state index contributed by atoms with van der Waals surface area (Å²) in [4.78, 5) is 22.8. The van der Waals surface area contributed by atoms with E-state index < -0.39 is 5.97 Å². The van der Waals surface area contributed by atoms with Gasteiger partial charge >= 0.3 is 5.97 Å². The zero-order chi connectivity index (χ0) is 13.8. The second-order valence-corrected chi connectivity index (χ2v) is 4.43. The van der Waals surface area contributed by atoms with E-state index in [1.807, 2.05) is 0 Å². The summed E-state index contributed by atoms with van der Waals surface area (Å²) in [7, 11) is 1.61. The number of methoxy groups -OCH3 is 1. The number of hydrogen-bond donors (Lipinski definition) is 3. The molecule has 3 N–H and O–H groups in total. The summed E-state index contributed by atoms with van der Waals surface area (Å²) in [5.74, 6) is -1.20. The molecule has 1 aromatic carbocycles. The summed E-state index contributed by atoms with van der Waals surface area (Å²) in [5.41, 5.74) is 0.625. The topological polar surface area (TPSA) is 87.7 Å². The van der Waals surface area contributed by atoms with E-state index in [1.165, 1.54) is 12.1 Å². The Morgan fingerprint density at radius 3 is 2.89 bits per heavy atom. The van der Waals surface area contributed by atoms with Crippen LogP contribution in [0.1, 0.15) is 16.8 Å². The van der Waals surface area contributed by atoms with Crippen LogP contribution in [0.3, 0.4) is 0 Å². The van der Waals surface area contributed by atoms with Crippen LogP contribution in [0, 0.1) is 0 Å². The quantitative estimate of drug-likeness (QED) is 0.745. The van der Waals surface area contributed by atoms with E-state index in [1.54, 1.807) is 19.2 Å². The number of ether oxygens (including phenoxy) is 1. The van der Waals surface area contributed by atoms with E-state index in [0.717, 1.165) is 0 Å². The number of carboxylic acid groups (broad SMARTS) is 1. The average Bonchev–Trinajstić information content (AvgIpc) is 2.88. The van der Waals surface area contributed by atoms with Gasteiger partial charge in [-0.2, -0.15) is 0 Å². The molecular formula is C13H16N2O4. The summed E-state index contributed by atoms with van der Waals surface area (Å²) < 4.78 is 5.17. The lowest BCUT2D eigenvalue weighted by molar-refractivity contribution is -0.118. The molecule has 0 bridgehead atoms. The molecule has 102 valence electrons. The number of carbonyl (C=O) groups is 2. The predicted octanol–water partition coefficient (Wildman–Crippen LogP) is 0.700. The fourth-order valence-electron chi connectivity index (χ4n) is 2.04. The van der Waals surface area contributed by atoms with Crippen LogP contribution in [0.5, 0.6) is 0 Å². The number of benzene rings is 1. The van der Waals surface area contributed by atoms with Gasteiger partial charge in [-0.15, -0.1) is 0 Å². The maximum absolute atomic E-state index is 12.0. The highest BCUT2D eigenvalue weighted by atomic mass is 16.5. The minimum Gasteiger partial charge on any atom is -0.478 e. The van der Waals surface area contributed by atoms with Gasteiger partial charge in [0.1, 0.15) is 0 Å². The Morgan fingerprint density at radius 2 is 2.26 bits per heavy atom. The molecule has 6 heteroatoms. The van der Waals surface area contributed by atoms with Crippen LogP contribution in [0.15, 0.2) is 24.3 Å². The maximum Gasteiger partial charge on any atom is 0.335 e. The van der Waals surface area contributed by atoms with Gasteiger partial charge < -0.3 is 20.5 Å². The molecule has 0 aromatic heterocycles. The molecule has 1 aliphatic rings. The van der Waals surface area contributed by atoms with Crippen LogP contribution in [0.4, 0.5) is 5.69 Å². The molecule has 0 spiro atoms. The van der Waals surface area contributed by atoms with Crippen LogP contribution in [0.2, 0.25) is 0 Å². The fourth-order valence-corrected chi connectivity index (χ4v) is 2.04. The van der Waals surface area contributed by atoms with Crippen LogP contribution in [-0.2, 0) is 9.53 Å². The van der Waals surface area contributed by atoms with Gasteiger partial charge in [-0.05, 0) is 24.6 Å². The number of amides is 1. The van der Waals surface area contributed by atoms with Crippen molar-refractivity contribution in [1.82, 2.24) is 5.32 Å². The van der Waals surface area contributed by atoms with Crippen molar-refractivity contribution < 1.29 is 19.4 Å². The van der Waals surface area contributed by atoms with E-state index in [0.29, 0.717) is 18.7 Å². The lowest BCUT2D eigenvalue weighted by atomic mass is 10.1. The highest BCUT2D eigenvalue weighted by Crippen LogP contribution is 2.14. The minimum absolute atomic E-state index is 0.0427. The molecule has 2 unspecified atom stereocenters. The Kier molecular flexibility index (Phi) is 4.13. The fraction of sp³-hybridized carbons (Fsp3) is 0.385. The summed E-state index contributed by atoms with van der Waals surface area (Å²) in [6.45, 7) is 0.643. The third-order valence-corrected chi connectivity index (χ3v) is 3.12. The van der Waals surface area contributed by atoms with Gasteiger partial charge in [0.25, 0.3) is 0 Å². The van der Waals surface area contributed by atoms with Gasteiger partial charge in [0, 0.05) is 19.3 Å². The first-order valence-corrected chi connectivity index (χ1v) is 6.00. The molecule has 2 atom stereocenters. The van der Waals surface area contributed by atoms with Crippen molar-refractivity contribution in [3.05, 3.63) is 29.8 Å². The van der Waals surface area contributed by atoms with Crippen molar-refractivity contribution in [2.75, 3.05) is 19.0 Å². The number of rotatable bonds is 4. The van der Waals surface area contributed by atoms with E-state index in [9.17, 15) is 9.59 Å². The molecule has 0 radical (unpaired) electrons. The van der Waals surface area contributed by atoms with Crippen molar-refractivity contribution in [2.45, 2.75) is 18.6 Å². The Balaban J connectivity index is 1.99. The van der Waals surface area contributed by atoms with Gasteiger partial charge in [-0.25, -0.2) is 4.79 Å². The van der Waals surface area contributed by atoms with E-state index >= 15 is 0 Å². The molecule has 1 aromatic rings. The molecule has 0 aliphatic carbocycles. The predicted molar refractivity (Wildman–Crippen MR) is 69.2 cm³/mol. The normalized spacial score (nSPS) is 22.2. The van der Waals surface area contributed by atoms with E-state index in [4.69, 9.17) is 9.84 Å². The summed E-state index contributed by atoms with van der Waals surface area (Å²) >= 11 is 0. The lowest BCUT2D eigenvalue weighted by Gasteiger charge is -2.11. The van der Waals surface area contributed by atoms with Crippen LogP contribution < -0.4 is 10.6 Å². The van der Waals surface area contributed by atoms with Crippen molar-refractivity contribution in [1.29, 1.82) is 0 Å². The number of hydrogen-bond acceptors (Lipinski definition) is 4. The highest BCUT2D eigenvalue weighted by Gasteiger charge is 2.29. The van der Waals surface area contributed by atoms with Crippen LogP contribution >= 0.6 is 0 Å². The minimum atomic E-state index is -1.02. The van der Waals surface area contributed by atoms with Crippen molar-refractivity contribution in [2.24, 2.45) is 0 Å². The summed E-state index contributed by atoms with van der Waals surface area (Å²) in [5, 5.41) is 14.6. The second-order valence-electron chi connectivity index (χ2n) is 4.43. The number of carboxylic acids is 1. The number of nitrogens with one attached hydrogen (secondary N) is 2. The van der Waals surface area contributed by atoms with E-state index in [2.05, 4.69) is 10.6 Å². The smallest absolute Gasteiger partial charge is 0.335 e. The van der Waals surface area contributed by atoms with Gasteiger partial charge in [-0.1, -0.05) is 6.07 Å². The average molecular weight is 264 g/mol. The Bertz CT molecular complexity index is 489. The summed E-state index contributed by atoms with van der Waals surface area (Å²) in [6.07, 6.45) is 0.655. The van der Waals surface area contributed by atoms with E-state index in [-0.39, 0.29) is 23.6 Å². The Morgan fingerprint density at radius 1 is 1.47 bits per heavy atom. The molecule has 1 fully saturated rings. The highest BCUT2D eigenvalue weighted by molar-refractivity contribution is 5.96. The monoisotopic (exact) mass is 264 g/mol. The Labute approximate surface area is 110 Å². The molecule has 1 aliphatic heterocycles. The molecule has 1 heterocycles. The van der Waals surface area contributed by atoms with Crippen LogP contribution in [0.25, 0.3) is 0 Å². The van der Waals surface area contributed by atoms with Gasteiger partial charge in [-0.3, -0.25) is 4.79 Å². The molecule has 1 amide bonds. The molecule has 1 saturated heterocycles. The standard InChI is InChI=1S/C13H16N2O4/c1-19-10-6-11(14-7-10)12(16)15-9-4-2-3-8(5-9)13(17)18/h2-5,10-11,14H,6-7H2,1H3,(H,15,16)(H,17,18). The number of carbonyl (C=O) groups excluding carboxylic acids is 1. The SMILES string of the molecule is COC1CNC(C(=O)Nc2cccc(C(=O)O)c2)C1.